The van der Waals surface area contributed by atoms with Gasteiger partial charge in [-0.15, -0.1) is 11.3 Å². The zero-order valence-corrected chi connectivity index (χ0v) is 19.1. The molecule has 168 valence electrons. The number of halogens is 1. The van der Waals surface area contributed by atoms with E-state index in [0.29, 0.717) is 22.3 Å². The smallest absolute Gasteiger partial charge is 0.352 e. The maximum Gasteiger partial charge on any atom is 0.352 e. The highest BCUT2D eigenvalue weighted by molar-refractivity contribution is 7.19. The summed E-state index contributed by atoms with van der Waals surface area (Å²) in [6, 6.07) is 14.7. The van der Waals surface area contributed by atoms with Gasteiger partial charge in [-0.2, -0.15) is 0 Å². The van der Waals surface area contributed by atoms with E-state index < -0.39 is 5.97 Å². The zero-order valence-electron chi connectivity index (χ0n) is 17.6. The Morgan fingerprint density at radius 1 is 1.19 bits per heavy atom. The van der Waals surface area contributed by atoms with Gasteiger partial charge in [0.15, 0.2) is 5.76 Å². The summed E-state index contributed by atoms with van der Waals surface area (Å²) in [6.07, 6.45) is 0. The molecule has 0 amide bonds. The van der Waals surface area contributed by atoms with Crippen LogP contribution in [0.15, 0.2) is 53.1 Å². The number of thiophene rings is 1. The summed E-state index contributed by atoms with van der Waals surface area (Å²) in [7, 11) is 2.12. The molecule has 1 aliphatic rings. The molecule has 1 fully saturated rings. The summed E-state index contributed by atoms with van der Waals surface area (Å²) in [6.45, 7) is 4.55. The Morgan fingerprint density at radius 2 is 1.94 bits per heavy atom. The number of piperazine rings is 1. The summed E-state index contributed by atoms with van der Waals surface area (Å²) in [4.78, 5) is 14.7. The number of nitrogens with zero attached hydrogens (tertiary/aromatic N) is 4. The number of carboxylic acids is 1. The van der Waals surface area contributed by atoms with Crippen LogP contribution in [0.25, 0.3) is 21.5 Å². The van der Waals surface area contributed by atoms with Crippen molar-refractivity contribution in [3.8, 4) is 10.6 Å². The first kappa shape index (κ1) is 22.5. The Balaban J connectivity index is 0.000000260. The van der Waals surface area contributed by atoms with Crippen LogP contribution >= 0.6 is 22.9 Å². The minimum absolute atomic E-state index is 0.222. The summed E-state index contributed by atoms with van der Waals surface area (Å²) in [5.41, 5.74) is 1.72. The van der Waals surface area contributed by atoms with Gasteiger partial charge in [-0.05, 0) is 31.3 Å². The molecule has 0 bridgehead atoms. The number of aromatic carboxylic acids is 1. The molecule has 10 heteroatoms. The lowest BCUT2D eigenvalue weighted by Crippen LogP contribution is -2.47. The molecule has 8 nitrogen and oxygen atoms in total. The molecule has 0 radical (unpaired) electrons. The van der Waals surface area contributed by atoms with E-state index in [1.807, 2.05) is 41.4 Å². The molecule has 1 saturated heterocycles. The summed E-state index contributed by atoms with van der Waals surface area (Å²) in [5.74, 6) is 5.15. The highest BCUT2D eigenvalue weighted by Gasteiger charge is 2.17. The number of para-hydroxylation sites is 1. The standard InChI is InChI=1S/C17H11ClN2O3S.C5H13N3/c18-16-6-5-15(24-16)14-8-11(19-23-14)9-20-12-4-2-1-3-10(12)7-13(20)17(21)22;1-7-2-4-8(6)5-3-7/h1-8H,9H2,(H,21,22);2-6H2,1H3. The van der Waals surface area contributed by atoms with E-state index in [-0.39, 0.29) is 5.69 Å². The van der Waals surface area contributed by atoms with Crippen molar-refractivity contribution in [3.63, 3.8) is 0 Å². The molecular formula is C22H24ClN5O3S. The van der Waals surface area contributed by atoms with E-state index in [0.717, 1.165) is 42.0 Å². The van der Waals surface area contributed by atoms with Gasteiger partial charge in [0, 0.05) is 43.1 Å². The molecule has 0 unspecified atom stereocenters. The molecule has 1 aromatic carbocycles. The number of likely N-dealkylation sites (N-methyl/N-ethyl adjacent to an activating group) is 1. The minimum Gasteiger partial charge on any atom is -0.477 e. The quantitative estimate of drug-likeness (QED) is 0.434. The first-order valence-electron chi connectivity index (χ1n) is 10.1. The highest BCUT2D eigenvalue weighted by Crippen LogP contribution is 2.31. The molecule has 3 N–H and O–H groups in total. The van der Waals surface area contributed by atoms with Crippen LogP contribution in [0.5, 0.6) is 0 Å². The fourth-order valence-electron chi connectivity index (χ4n) is 3.49. The van der Waals surface area contributed by atoms with Crippen LogP contribution in [-0.4, -0.2) is 63.9 Å². The fourth-order valence-corrected chi connectivity index (χ4v) is 4.48. The van der Waals surface area contributed by atoms with Crippen LogP contribution in [0.3, 0.4) is 0 Å². The molecule has 4 heterocycles. The van der Waals surface area contributed by atoms with Crippen LogP contribution in [0.4, 0.5) is 0 Å². The predicted molar refractivity (Wildman–Crippen MR) is 126 cm³/mol. The Kier molecular flexibility index (Phi) is 6.92. The van der Waals surface area contributed by atoms with E-state index in [1.54, 1.807) is 16.7 Å². The van der Waals surface area contributed by atoms with Crippen molar-refractivity contribution in [1.29, 1.82) is 0 Å². The molecule has 4 aromatic rings. The average Bonchev–Trinajstić information content (AvgIpc) is 3.50. The number of fused-ring (bicyclic) bond motifs is 1. The number of benzene rings is 1. The second-order valence-electron chi connectivity index (χ2n) is 7.61. The predicted octanol–water partition coefficient (Wildman–Crippen LogP) is 3.87. The van der Waals surface area contributed by atoms with Crippen LogP contribution < -0.4 is 5.84 Å². The van der Waals surface area contributed by atoms with Gasteiger partial charge in [0.25, 0.3) is 0 Å². The number of hydrogen-bond acceptors (Lipinski definition) is 7. The van der Waals surface area contributed by atoms with Crippen molar-refractivity contribution >= 4 is 39.8 Å². The highest BCUT2D eigenvalue weighted by atomic mass is 35.5. The molecule has 5 rings (SSSR count). The number of carboxylic acid groups (broad SMARTS) is 1. The number of hydrogen-bond donors (Lipinski definition) is 2. The topological polar surface area (TPSA) is 101 Å². The SMILES string of the molecule is CN1CCN(N)CC1.O=C(O)c1cc2ccccc2n1Cc1cc(-c2ccc(Cl)s2)on1. The fraction of sp³-hybridized carbons (Fsp3) is 0.273. The first-order chi connectivity index (χ1) is 15.4. The normalized spacial score (nSPS) is 15.0. The lowest BCUT2D eigenvalue weighted by Gasteiger charge is -2.28. The van der Waals surface area contributed by atoms with Gasteiger partial charge >= 0.3 is 5.97 Å². The van der Waals surface area contributed by atoms with Crippen molar-refractivity contribution < 1.29 is 14.4 Å². The number of rotatable bonds is 4. The van der Waals surface area contributed by atoms with E-state index >= 15 is 0 Å². The van der Waals surface area contributed by atoms with Crippen molar-refractivity contribution in [1.82, 2.24) is 19.6 Å². The van der Waals surface area contributed by atoms with Crippen molar-refractivity contribution in [3.05, 3.63) is 64.3 Å². The molecule has 1 aliphatic heterocycles. The zero-order chi connectivity index (χ0) is 22.7. The Bertz CT molecular complexity index is 1200. The third kappa shape index (κ3) is 5.20. The largest absolute Gasteiger partial charge is 0.477 e. The van der Waals surface area contributed by atoms with Gasteiger partial charge in [0.05, 0.1) is 15.8 Å². The molecule has 0 spiro atoms. The molecule has 32 heavy (non-hydrogen) atoms. The first-order valence-corrected chi connectivity index (χ1v) is 11.3. The van der Waals surface area contributed by atoms with Crippen molar-refractivity contribution in [2.75, 3.05) is 33.2 Å². The van der Waals surface area contributed by atoms with E-state index in [4.69, 9.17) is 22.0 Å². The van der Waals surface area contributed by atoms with Gasteiger partial charge in [-0.3, -0.25) is 5.84 Å². The van der Waals surface area contributed by atoms with Crippen LogP contribution in [-0.2, 0) is 6.54 Å². The number of nitrogens with two attached hydrogens (primary N) is 1. The Hall–Kier alpha value is -2.69. The van der Waals surface area contributed by atoms with Crippen molar-refractivity contribution in [2.24, 2.45) is 5.84 Å². The van der Waals surface area contributed by atoms with Gasteiger partial charge in [0.1, 0.15) is 11.4 Å². The lowest BCUT2D eigenvalue weighted by molar-refractivity contribution is 0.0686. The third-order valence-electron chi connectivity index (χ3n) is 5.26. The Morgan fingerprint density at radius 3 is 2.59 bits per heavy atom. The average molecular weight is 474 g/mol. The number of hydrazine groups is 1. The lowest BCUT2D eigenvalue weighted by atomic mass is 10.2. The summed E-state index contributed by atoms with van der Waals surface area (Å²) >= 11 is 7.34. The second kappa shape index (κ2) is 9.85. The Labute approximate surface area is 194 Å². The third-order valence-corrected chi connectivity index (χ3v) is 6.51. The molecule has 0 saturated carbocycles. The maximum atomic E-state index is 11.5. The molecule has 0 atom stereocenters. The minimum atomic E-state index is -0.972. The van der Waals surface area contributed by atoms with Crippen LogP contribution in [0.2, 0.25) is 4.34 Å². The number of carbonyl (C=O) groups is 1. The van der Waals surface area contributed by atoms with Crippen molar-refractivity contribution in [2.45, 2.75) is 6.54 Å². The second-order valence-corrected chi connectivity index (χ2v) is 9.32. The summed E-state index contributed by atoms with van der Waals surface area (Å²) < 4.78 is 7.76. The van der Waals surface area contributed by atoms with Crippen LogP contribution in [0, 0.1) is 0 Å². The van der Waals surface area contributed by atoms with Gasteiger partial charge in [0.2, 0.25) is 0 Å². The molecule has 0 aliphatic carbocycles. The van der Waals surface area contributed by atoms with Gasteiger partial charge < -0.3 is 19.1 Å². The number of aromatic nitrogens is 2. The van der Waals surface area contributed by atoms with E-state index in [9.17, 15) is 9.90 Å². The molecule has 3 aromatic heterocycles. The van der Waals surface area contributed by atoms with Gasteiger partial charge in [-0.1, -0.05) is 35.0 Å². The van der Waals surface area contributed by atoms with E-state index in [2.05, 4.69) is 17.1 Å². The van der Waals surface area contributed by atoms with Gasteiger partial charge in [-0.25, -0.2) is 9.80 Å². The van der Waals surface area contributed by atoms with Crippen LogP contribution in [0.1, 0.15) is 16.2 Å². The molecular weight excluding hydrogens is 450 g/mol. The summed E-state index contributed by atoms with van der Waals surface area (Å²) in [5, 5.41) is 16.3. The monoisotopic (exact) mass is 473 g/mol. The maximum absolute atomic E-state index is 11.5. The van der Waals surface area contributed by atoms with E-state index in [1.165, 1.54) is 11.3 Å².